The number of hydrogen-bond donors (Lipinski definition) is 3. The van der Waals surface area contributed by atoms with E-state index in [0.717, 1.165) is 10.9 Å². The van der Waals surface area contributed by atoms with Gasteiger partial charge in [0.25, 0.3) is 5.56 Å². The van der Waals surface area contributed by atoms with E-state index in [0.29, 0.717) is 0 Å². The van der Waals surface area contributed by atoms with Crippen LogP contribution in [0.3, 0.4) is 0 Å². The van der Waals surface area contributed by atoms with E-state index >= 15 is 4.39 Å². The molecule has 1 saturated heterocycles. The number of benzene rings is 1. The summed E-state index contributed by atoms with van der Waals surface area (Å²) >= 11 is 0. The Hall–Kier alpha value is -3.39. The molecule has 0 spiro atoms. The van der Waals surface area contributed by atoms with Gasteiger partial charge in [-0.05, 0) is 32.9 Å². The summed E-state index contributed by atoms with van der Waals surface area (Å²) in [6.07, 6.45) is -6.75. The van der Waals surface area contributed by atoms with Gasteiger partial charge in [-0.1, -0.05) is 25.1 Å². The van der Waals surface area contributed by atoms with Crippen LogP contribution in [0.2, 0.25) is 0 Å². The zero-order valence-corrected chi connectivity index (χ0v) is 23.7. The number of halogens is 2. The Kier molecular flexibility index (Phi) is 8.83. The molecule has 4 rings (SSSR count). The molecule has 1 aromatic carbocycles. The van der Waals surface area contributed by atoms with Gasteiger partial charge in [0, 0.05) is 0 Å². The number of aromatic amines is 1. The molecule has 1 fully saturated rings. The molecule has 1 aliphatic heterocycles. The van der Waals surface area contributed by atoms with E-state index in [9.17, 15) is 23.7 Å². The number of fused-ring (bicyclic) bond motifs is 1. The Morgan fingerprint density at radius 2 is 1.98 bits per heavy atom. The number of aromatic nitrogens is 4. The Labute approximate surface area is 233 Å². The smallest absolute Gasteiger partial charge is 0.380 e. The second-order valence-corrected chi connectivity index (χ2v) is 12.1. The first-order chi connectivity index (χ1) is 19.3. The van der Waals surface area contributed by atoms with Crippen LogP contribution in [0.5, 0.6) is 5.75 Å². The lowest BCUT2D eigenvalue weighted by Crippen LogP contribution is -2.47. The summed E-state index contributed by atoms with van der Waals surface area (Å²) in [7, 11) is -4.21. The largest absolute Gasteiger partial charge is 0.463 e. The van der Waals surface area contributed by atoms with Crippen LogP contribution in [0.25, 0.3) is 11.2 Å². The van der Waals surface area contributed by atoms with Gasteiger partial charge in [-0.25, -0.2) is 18.3 Å². The van der Waals surface area contributed by atoms with Crippen molar-refractivity contribution in [3.63, 3.8) is 0 Å². The normalized spacial score (nSPS) is 25.6. The summed E-state index contributed by atoms with van der Waals surface area (Å²) in [4.78, 5) is 34.7. The summed E-state index contributed by atoms with van der Waals surface area (Å²) in [5.74, 6) is -1.70. The molecule has 1 unspecified atom stereocenters. The molecule has 7 atom stereocenters. The van der Waals surface area contributed by atoms with Crippen molar-refractivity contribution in [1.82, 2.24) is 19.5 Å². The minimum atomic E-state index is -4.21. The van der Waals surface area contributed by atoms with Crippen LogP contribution in [-0.4, -0.2) is 73.5 Å². The number of hydrogen-bond acceptors (Lipinski definition) is 11. The molecular weight excluding hydrogens is 567 g/mol. The molecule has 13 nitrogen and oxygen atoms in total. The maximum absolute atomic E-state index is 16.1. The van der Waals surface area contributed by atoms with Crippen LogP contribution in [-0.2, 0) is 23.4 Å². The predicted molar refractivity (Wildman–Crippen MR) is 143 cm³/mol. The minimum absolute atomic E-state index is 0.167. The van der Waals surface area contributed by atoms with Gasteiger partial charge in [-0.2, -0.15) is 4.98 Å². The molecule has 0 radical (unpaired) electrons. The SMILES string of the molecule is CC(C)OC(=O)[C@H](C)C[P@](=O)(Oc1ccccc1)O[C@@H](C)[C@H]1O[C@@H](n2cnc3c(=O)[nH]c(N)nc32)C(F)(CF)[C@H]1O. The number of carbonyl (C=O) groups excluding carboxylic acids is 1. The Bertz CT molecular complexity index is 1490. The highest BCUT2D eigenvalue weighted by Crippen LogP contribution is 2.53. The van der Waals surface area contributed by atoms with Crippen LogP contribution < -0.4 is 15.8 Å². The number of imidazole rings is 1. The number of nitrogen functional groups attached to an aromatic ring is 1. The Morgan fingerprint density at radius 1 is 1.29 bits per heavy atom. The highest BCUT2D eigenvalue weighted by molar-refractivity contribution is 7.54. The summed E-state index contributed by atoms with van der Waals surface area (Å²) in [5.41, 5.74) is 1.43. The van der Waals surface area contributed by atoms with Gasteiger partial charge in [0.05, 0.1) is 30.6 Å². The second-order valence-electron chi connectivity index (χ2n) is 10.1. The van der Waals surface area contributed by atoms with Crippen molar-refractivity contribution in [2.75, 3.05) is 18.6 Å². The molecule has 0 amide bonds. The number of rotatable bonds is 11. The molecule has 2 aromatic heterocycles. The summed E-state index contributed by atoms with van der Waals surface area (Å²) in [6.45, 7) is 4.44. The number of nitrogens with one attached hydrogen (secondary N) is 1. The first-order valence-electron chi connectivity index (χ1n) is 12.8. The number of anilines is 1. The van der Waals surface area contributed by atoms with Crippen LogP contribution in [0.15, 0.2) is 41.5 Å². The Balaban J connectivity index is 1.63. The average molecular weight is 600 g/mol. The van der Waals surface area contributed by atoms with Crippen LogP contribution in [0, 0.1) is 5.92 Å². The number of alkyl halides is 2. The third-order valence-corrected chi connectivity index (χ3v) is 8.57. The maximum atomic E-state index is 16.1. The molecule has 1 aliphatic rings. The Morgan fingerprint density at radius 3 is 2.61 bits per heavy atom. The van der Waals surface area contributed by atoms with Gasteiger partial charge in [0.15, 0.2) is 17.4 Å². The fourth-order valence-electron chi connectivity index (χ4n) is 4.49. The van der Waals surface area contributed by atoms with Crippen LogP contribution in [0.1, 0.15) is 33.9 Å². The number of carbonyl (C=O) groups is 1. The van der Waals surface area contributed by atoms with Gasteiger partial charge >= 0.3 is 13.6 Å². The molecule has 41 heavy (non-hydrogen) atoms. The lowest BCUT2D eigenvalue weighted by Gasteiger charge is -2.29. The first kappa shape index (κ1) is 30.6. The lowest BCUT2D eigenvalue weighted by molar-refractivity contribution is -0.151. The number of nitrogens with zero attached hydrogens (tertiary/aromatic N) is 3. The second kappa shape index (κ2) is 11.8. The van der Waals surface area contributed by atoms with Gasteiger partial charge < -0.3 is 24.8 Å². The van der Waals surface area contributed by atoms with E-state index in [1.807, 2.05) is 0 Å². The molecule has 4 N–H and O–H groups in total. The highest BCUT2D eigenvalue weighted by atomic mass is 31.2. The van der Waals surface area contributed by atoms with E-state index in [4.69, 9.17) is 24.3 Å². The monoisotopic (exact) mass is 599 g/mol. The quantitative estimate of drug-likeness (QED) is 0.218. The van der Waals surface area contributed by atoms with Crippen molar-refractivity contribution in [3.05, 3.63) is 47.0 Å². The van der Waals surface area contributed by atoms with E-state index in [1.165, 1.54) is 26.0 Å². The molecule has 3 heterocycles. The molecule has 224 valence electrons. The molecule has 16 heteroatoms. The van der Waals surface area contributed by atoms with Crippen molar-refractivity contribution < 1.29 is 41.8 Å². The fraction of sp³-hybridized carbons (Fsp3) is 0.520. The zero-order chi connectivity index (χ0) is 30.1. The van der Waals surface area contributed by atoms with Crippen molar-refractivity contribution in [2.24, 2.45) is 5.92 Å². The topological polar surface area (TPSA) is 181 Å². The third kappa shape index (κ3) is 6.27. The summed E-state index contributed by atoms with van der Waals surface area (Å²) in [6, 6.07) is 8.02. The molecule has 0 bridgehead atoms. The van der Waals surface area contributed by atoms with E-state index < -0.39 is 74.2 Å². The summed E-state index contributed by atoms with van der Waals surface area (Å²) in [5, 5.41) is 10.9. The number of aliphatic hydroxyl groups excluding tert-OH is 1. The maximum Gasteiger partial charge on any atom is 0.380 e. The van der Waals surface area contributed by atoms with Crippen molar-refractivity contribution in [2.45, 2.75) is 64.0 Å². The number of aliphatic hydroxyl groups is 1. The number of esters is 1. The molecule has 3 aromatic rings. The number of para-hydroxylation sites is 1. The van der Waals surface area contributed by atoms with E-state index in [2.05, 4.69) is 15.0 Å². The van der Waals surface area contributed by atoms with Gasteiger partial charge in [0.2, 0.25) is 11.6 Å². The molecule has 0 aliphatic carbocycles. The van der Waals surface area contributed by atoms with Crippen molar-refractivity contribution >= 4 is 30.7 Å². The average Bonchev–Trinajstić information content (AvgIpc) is 3.42. The van der Waals surface area contributed by atoms with Crippen LogP contribution in [0.4, 0.5) is 14.7 Å². The third-order valence-electron chi connectivity index (χ3n) is 6.44. The van der Waals surface area contributed by atoms with Crippen molar-refractivity contribution in [1.29, 1.82) is 0 Å². The summed E-state index contributed by atoms with van der Waals surface area (Å²) < 4.78 is 67.7. The predicted octanol–water partition coefficient (Wildman–Crippen LogP) is 2.90. The fourth-order valence-corrected chi connectivity index (χ4v) is 6.59. The lowest BCUT2D eigenvalue weighted by atomic mass is 9.95. The highest BCUT2D eigenvalue weighted by Gasteiger charge is 2.61. The molecule has 0 saturated carbocycles. The van der Waals surface area contributed by atoms with Crippen LogP contribution >= 0.6 is 7.60 Å². The zero-order valence-electron chi connectivity index (χ0n) is 22.8. The number of H-pyrrole nitrogens is 1. The van der Waals surface area contributed by atoms with Gasteiger partial charge in [-0.15, -0.1) is 0 Å². The van der Waals surface area contributed by atoms with Gasteiger partial charge in [-0.3, -0.25) is 23.7 Å². The minimum Gasteiger partial charge on any atom is -0.463 e. The van der Waals surface area contributed by atoms with Gasteiger partial charge in [0.1, 0.15) is 24.6 Å². The van der Waals surface area contributed by atoms with Crippen molar-refractivity contribution in [3.8, 4) is 5.75 Å². The van der Waals surface area contributed by atoms with E-state index in [-0.39, 0.29) is 22.9 Å². The molecular formula is C25H32F2N5O8P. The number of ether oxygens (including phenoxy) is 2. The standard InChI is InChI=1S/C25H32F2N5O8P/c1-13(2)37-22(35)14(3)10-41(36,40-16-8-6-5-7-9-16)39-15(4)18-19(33)25(27,11-26)23(38-18)32-12-29-17-20(32)30-24(28)31-21(17)34/h5-9,12-15,18-19,23,33H,10-11H2,1-4H3,(H3,28,30,31,34)/t14-,15+,18-,19+,23-,25?,41-/m1/s1. The van der Waals surface area contributed by atoms with E-state index in [1.54, 1.807) is 32.0 Å². The first-order valence-corrected chi connectivity index (χ1v) is 14.5. The number of nitrogens with two attached hydrogens (primary N) is 1.